The molecule has 0 aromatic heterocycles. The van der Waals surface area contributed by atoms with E-state index in [1.165, 1.54) is 25.9 Å². The van der Waals surface area contributed by atoms with Gasteiger partial charge in [-0.05, 0) is 39.4 Å². The van der Waals surface area contributed by atoms with Crippen molar-refractivity contribution >= 4 is 0 Å². The fourth-order valence-electron chi connectivity index (χ4n) is 2.20. The van der Waals surface area contributed by atoms with Crippen LogP contribution in [-0.4, -0.2) is 62.7 Å². The average molecular weight is 257 g/mol. The second-order valence-corrected chi connectivity index (χ2v) is 5.96. The summed E-state index contributed by atoms with van der Waals surface area (Å²) in [6, 6.07) is 0.680. The highest BCUT2D eigenvalue weighted by atomic mass is 15.2. The molecule has 1 unspecified atom stereocenters. The molecular formula is C15H35N3. The van der Waals surface area contributed by atoms with E-state index >= 15 is 0 Å². The third kappa shape index (κ3) is 8.90. The first-order valence-electron chi connectivity index (χ1n) is 7.60. The van der Waals surface area contributed by atoms with Crippen LogP contribution in [0, 0.1) is 5.92 Å². The van der Waals surface area contributed by atoms with E-state index in [1.54, 1.807) is 0 Å². The third-order valence-corrected chi connectivity index (χ3v) is 3.23. The molecule has 0 aliphatic heterocycles. The van der Waals surface area contributed by atoms with E-state index in [0.717, 1.165) is 25.6 Å². The van der Waals surface area contributed by atoms with E-state index in [9.17, 15) is 0 Å². The van der Waals surface area contributed by atoms with Crippen LogP contribution in [0.15, 0.2) is 0 Å². The second kappa shape index (κ2) is 10.8. The maximum Gasteiger partial charge on any atom is 0.0218 e. The first-order chi connectivity index (χ1) is 8.51. The van der Waals surface area contributed by atoms with Gasteiger partial charge in [0.25, 0.3) is 0 Å². The van der Waals surface area contributed by atoms with E-state index < -0.39 is 0 Å². The molecule has 0 heterocycles. The van der Waals surface area contributed by atoms with Crippen LogP contribution in [0.25, 0.3) is 0 Å². The van der Waals surface area contributed by atoms with E-state index in [2.05, 4.69) is 56.9 Å². The van der Waals surface area contributed by atoms with Crippen molar-refractivity contribution in [2.45, 2.75) is 46.6 Å². The summed E-state index contributed by atoms with van der Waals surface area (Å²) in [7, 11) is 4.31. The minimum Gasteiger partial charge on any atom is -0.315 e. The maximum absolute atomic E-state index is 3.57. The number of likely N-dealkylation sites (N-methyl/N-ethyl adjacent to an activating group) is 1. The molecule has 0 radical (unpaired) electrons. The Morgan fingerprint density at radius 3 is 2.17 bits per heavy atom. The first kappa shape index (κ1) is 17.9. The van der Waals surface area contributed by atoms with Gasteiger partial charge in [-0.25, -0.2) is 0 Å². The Balaban J connectivity index is 4.27. The van der Waals surface area contributed by atoms with Crippen molar-refractivity contribution in [2.75, 3.05) is 46.8 Å². The Kier molecular flexibility index (Phi) is 10.7. The van der Waals surface area contributed by atoms with Gasteiger partial charge in [-0.3, -0.25) is 4.90 Å². The van der Waals surface area contributed by atoms with Crippen molar-refractivity contribution in [3.8, 4) is 0 Å². The Hall–Kier alpha value is -0.120. The topological polar surface area (TPSA) is 18.5 Å². The molecule has 0 saturated carbocycles. The maximum atomic E-state index is 3.57. The van der Waals surface area contributed by atoms with Crippen molar-refractivity contribution < 1.29 is 0 Å². The molecule has 0 aromatic carbocycles. The van der Waals surface area contributed by atoms with Gasteiger partial charge < -0.3 is 10.2 Å². The molecule has 0 saturated heterocycles. The Morgan fingerprint density at radius 1 is 1.06 bits per heavy atom. The standard InChI is InChI=1S/C15H35N3/c1-7-9-16-12-15(8-2)18(13-14(3)4)11-10-17(5)6/h14-16H,7-13H2,1-6H3. The molecule has 0 fully saturated rings. The average Bonchev–Trinajstić information content (AvgIpc) is 2.30. The normalized spacial score (nSPS) is 13.8. The van der Waals surface area contributed by atoms with Gasteiger partial charge in [-0.1, -0.05) is 27.7 Å². The van der Waals surface area contributed by atoms with E-state index in [1.807, 2.05) is 0 Å². The van der Waals surface area contributed by atoms with Gasteiger partial charge in [0.15, 0.2) is 0 Å². The number of hydrogen-bond donors (Lipinski definition) is 1. The summed E-state index contributed by atoms with van der Waals surface area (Å²) in [5.74, 6) is 0.743. The van der Waals surface area contributed by atoms with E-state index in [4.69, 9.17) is 0 Å². The minimum absolute atomic E-state index is 0.680. The Morgan fingerprint density at radius 2 is 1.72 bits per heavy atom. The van der Waals surface area contributed by atoms with Crippen LogP contribution < -0.4 is 5.32 Å². The zero-order chi connectivity index (χ0) is 14.0. The molecule has 18 heavy (non-hydrogen) atoms. The minimum atomic E-state index is 0.680. The van der Waals surface area contributed by atoms with Crippen LogP contribution in [0.2, 0.25) is 0 Å². The van der Waals surface area contributed by atoms with Crippen LogP contribution >= 0.6 is 0 Å². The molecule has 1 atom stereocenters. The molecule has 0 aliphatic rings. The van der Waals surface area contributed by atoms with E-state index in [0.29, 0.717) is 6.04 Å². The number of nitrogens with zero attached hydrogens (tertiary/aromatic N) is 2. The highest BCUT2D eigenvalue weighted by molar-refractivity contribution is 4.74. The third-order valence-electron chi connectivity index (χ3n) is 3.23. The monoisotopic (exact) mass is 257 g/mol. The lowest BCUT2D eigenvalue weighted by molar-refractivity contribution is 0.153. The predicted octanol–water partition coefficient (Wildman–Crippen LogP) is 2.28. The summed E-state index contributed by atoms with van der Waals surface area (Å²) in [5.41, 5.74) is 0. The molecule has 0 spiro atoms. The fourth-order valence-corrected chi connectivity index (χ4v) is 2.20. The molecule has 3 heteroatoms. The van der Waals surface area contributed by atoms with Gasteiger partial charge in [-0.15, -0.1) is 0 Å². The van der Waals surface area contributed by atoms with Crippen LogP contribution in [0.4, 0.5) is 0 Å². The summed E-state index contributed by atoms with van der Waals surface area (Å²) in [6.07, 6.45) is 2.45. The van der Waals surface area contributed by atoms with Gasteiger partial charge in [0.05, 0.1) is 0 Å². The molecule has 110 valence electrons. The van der Waals surface area contributed by atoms with Crippen molar-refractivity contribution in [3.63, 3.8) is 0 Å². The van der Waals surface area contributed by atoms with Gasteiger partial charge in [0, 0.05) is 32.2 Å². The van der Waals surface area contributed by atoms with Crippen molar-refractivity contribution in [2.24, 2.45) is 5.92 Å². The summed E-state index contributed by atoms with van der Waals surface area (Å²) in [5, 5.41) is 3.57. The molecule has 1 N–H and O–H groups in total. The lowest BCUT2D eigenvalue weighted by Crippen LogP contribution is -2.46. The molecule has 0 aliphatic carbocycles. The van der Waals surface area contributed by atoms with Crippen LogP contribution in [0.1, 0.15) is 40.5 Å². The molecule has 0 amide bonds. The summed E-state index contributed by atoms with van der Waals surface area (Å²) in [6.45, 7) is 15.0. The zero-order valence-electron chi connectivity index (χ0n) is 13.5. The number of hydrogen-bond acceptors (Lipinski definition) is 3. The van der Waals surface area contributed by atoms with Gasteiger partial charge in [0.1, 0.15) is 0 Å². The quantitative estimate of drug-likeness (QED) is 0.573. The van der Waals surface area contributed by atoms with Crippen LogP contribution in [-0.2, 0) is 0 Å². The Bertz CT molecular complexity index is 181. The first-order valence-corrected chi connectivity index (χ1v) is 7.60. The SMILES string of the molecule is CCCNCC(CC)N(CCN(C)C)CC(C)C. The summed E-state index contributed by atoms with van der Waals surface area (Å²) >= 11 is 0. The van der Waals surface area contributed by atoms with Gasteiger partial charge in [0.2, 0.25) is 0 Å². The van der Waals surface area contributed by atoms with Crippen LogP contribution in [0.5, 0.6) is 0 Å². The fraction of sp³-hybridized carbons (Fsp3) is 1.00. The van der Waals surface area contributed by atoms with E-state index in [-0.39, 0.29) is 0 Å². The lowest BCUT2D eigenvalue weighted by Gasteiger charge is -2.33. The second-order valence-electron chi connectivity index (χ2n) is 5.96. The highest BCUT2D eigenvalue weighted by Crippen LogP contribution is 2.07. The predicted molar refractivity (Wildman–Crippen MR) is 82.2 cm³/mol. The molecular weight excluding hydrogens is 222 g/mol. The molecule has 3 nitrogen and oxygen atoms in total. The molecule has 0 bridgehead atoms. The largest absolute Gasteiger partial charge is 0.315 e. The van der Waals surface area contributed by atoms with Gasteiger partial charge >= 0.3 is 0 Å². The summed E-state index contributed by atoms with van der Waals surface area (Å²) in [4.78, 5) is 4.94. The Labute approximate surface area is 115 Å². The smallest absolute Gasteiger partial charge is 0.0218 e. The number of rotatable bonds is 11. The lowest BCUT2D eigenvalue weighted by atomic mass is 10.1. The van der Waals surface area contributed by atoms with Crippen molar-refractivity contribution in [1.29, 1.82) is 0 Å². The zero-order valence-corrected chi connectivity index (χ0v) is 13.5. The molecule has 0 rings (SSSR count). The molecule has 0 aromatic rings. The number of nitrogens with one attached hydrogen (secondary N) is 1. The van der Waals surface area contributed by atoms with Crippen LogP contribution in [0.3, 0.4) is 0 Å². The van der Waals surface area contributed by atoms with Crippen molar-refractivity contribution in [3.05, 3.63) is 0 Å². The van der Waals surface area contributed by atoms with Gasteiger partial charge in [-0.2, -0.15) is 0 Å². The van der Waals surface area contributed by atoms with Crippen molar-refractivity contribution in [1.82, 2.24) is 15.1 Å². The summed E-state index contributed by atoms with van der Waals surface area (Å²) < 4.78 is 0. The highest BCUT2D eigenvalue weighted by Gasteiger charge is 2.17.